The lowest BCUT2D eigenvalue weighted by Gasteiger charge is -2.18. The molecule has 10 rings (SSSR count). The van der Waals surface area contributed by atoms with E-state index in [0.29, 0.717) is 0 Å². The molecule has 0 fully saturated rings. The van der Waals surface area contributed by atoms with Crippen molar-refractivity contribution in [3.05, 3.63) is 158 Å². The first kappa shape index (κ1) is 25.2. The van der Waals surface area contributed by atoms with E-state index in [2.05, 4.69) is 138 Å². The molecule has 0 saturated heterocycles. The van der Waals surface area contributed by atoms with Crippen molar-refractivity contribution >= 4 is 59.9 Å². The first-order valence-corrected chi connectivity index (χ1v) is 15.6. The molecule has 3 heterocycles. The maximum Gasteiger partial charge on any atom is 0.143 e. The molecule has 0 aliphatic carbocycles. The van der Waals surface area contributed by atoms with Crippen molar-refractivity contribution in [2.24, 2.45) is 0 Å². The Balaban J connectivity index is 1.18. The third-order valence-electron chi connectivity index (χ3n) is 9.41. The van der Waals surface area contributed by atoms with E-state index in [4.69, 9.17) is 9.40 Å². The predicted octanol–water partition coefficient (Wildman–Crippen LogP) is 11.7. The summed E-state index contributed by atoms with van der Waals surface area (Å²) in [6.45, 7) is 0. The maximum atomic E-state index is 6.46. The molecule has 0 bridgehead atoms. The third-order valence-corrected chi connectivity index (χ3v) is 9.41. The molecule has 0 saturated carbocycles. The van der Waals surface area contributed by atoms with E-state index in [9.17, 15) is 0 Å². The average Bonchev–Trinajstić information content (AvgIpc) is 3.72. The molecule has 3 heteroatoms. The summed E-state index contributed by atoms with van der Waals surface area (Å²) >= 11 is 0. The fraction of sp³-hybridized carbons (Fsp3) is 0. The highest BCUT2D eigenvalue weighted by Crippen LogP contribution is 2.45. The molecule has 0 unspecified atom stereocenters. The van der Waals surface area contributed by atoms with Crippen molar-refractivity contribution in [3.63, 3.8) is 0 Å². The summed E-state index contributed by atoms with van der Waals surface area (Å²) in [5.41, 5.74) is 9.74. The molecule has 214 valence electrons. The van der Waals surface area contributed by atoms with Gasteiger partial charge in [0.25, 0.3) is 0 Å². The Morgan fingerprint density at radius 1 is 0.457 bits per heavy atom. The monoisotopic (exact) mass is 586 g/mol. The molecule has 0 aliphatic rings. The number of hydrogen-bond donors (Lipinski definition) is 0. The number of hydrogen-bond acceptors (Lipinski definition) is 2. The zero-order valence-electron chi connectivity index (χ0n) is 24.8. The molecule has 0 radical (unpaired) electrons. The smallest absolute Gasteiger partial charge is 0.143 e. The Bertz CT molecular complexity index is 2710. The second-order valence-corrected chi connectivity index (χ2v) is 12.0. The number of fused-ring (bicyclic) bond motifs is 8. The number of furan rings is 1. The van der Waals surface area contributed by atoms with Crippen LogP contribution in [-0.4, -0.2) is 9.38 Å². The second kappa shape index (κ2) is 9.65. The van der Waals surface area contributed by atoms with Crippen molar-refractivity contribution < 1.29 is 4.42 Å². The molecular formula is C43H26N2O. The van der Waals surface area contributed by atoms with Crippen molar-refractivity contribution in [2.45, 2.75) is 0 Å². The van der Waals surface area contributed by atoms with Crippen LogP contribution in [0.1, 0.15) is 0 Å². The first-order valence-electron chi connectivity index (χ1n) is 15.6. The van der Waals surface area contributed by atoms with Gasteiger partial charge in [0.05, 0.1) is 5.69 Å². The van der Waals surface area contributed by atoms with Gasteiger partial charge in [-0.3, -0.25) is 0 Å². The summed E-state index contributed by atoms with van der Waals surface area (Å²) in [7, 11) is 0. The normalized spacial score (nSPS) is 11.9. The van der Waals surface area contributed by atoms with E-state index in [1.165, 1.54) is 49.2 Å². The molecule has 0 amide bonds. The van der Waals surface area contributed by atoms with Crippen LogP contribution in [0.5, 0.6) is 0 Å². The van der Waals surface area contributed by atoms with Gasteiger partial charge < -0.3 is 8.82 Å². The van der Waals surface area contributed by atoms with Gasteiger partial charge in [0.2, 0.25) is 0 Å². The lowest BCUT2D eigenvalue weighted by molar-refractivity contribution is 0.672. The van der Waals surface area contributed by atoms with E-state index >= 15 is 0 Å². The van der Waals surface area contributed by atoms with Crippen LogP contribution in [0.2, 0.25) is 0 Å². The summed E-state index contributed by atoms with van der Waals surface area (Å²) in [6, 6.07) is 52.0. The van der Waals surface area contributed by atoms with Gasteiger partial charge in [-0.25, -0.2) is 4.98 Å². The molecule has 0 atom stereocenters. The Hall–Kier alpha value is -6.19. The van der Waals surface area contributed by atoms with Crippen LogP contribution < -0.4 is 0 Å². The minimum absolute atomic E-state index is 0.908. The third kappa shape index (κ3) is 3.69. The van der Waals surface area contributed by atoms with Crippen LogP contribution in [0.3, 0.4) is 0 Å². The van der Waals surface area contributed by atoms with Crippen molar-refractivity contribution in [1.29, 1.82) is 0 Å². The summed E-state index contributed by atoms with van der Waals surface area (Å²) < 4.78 is 8.53. The van der Waals surface area contributed by atoms with E-state index in [1.54, 1.807) is 0 Å². The van der Waals surface area contributed by atoms with E-state index < -0.39 is 0 Å². The van der Waals surface area contributed by atoms with Gasteiger partial charge >= 0.3 is 0 Å². The molecule has 0 N–H and O–H groups in total. The Labute approximate surface area is 264 Å². The number of nitrogens with zero attached hydrogens (tertiary/aromatic N) is 2. The molecule has 3 nitrogen and oxygen atoms in total. The predicted molar refractivity (Wildman–Crippen MR) is 191 cm³/mol. The zero-order chi connectivity index (χ0) is 30.2. The summed E-state index contributed by atoms with van der Waals surface area (Å²) in [4.78, 5) is 4.84. The van der Waals surface area contributed by atoms with Crippen molar-refractivity contribution in [3.8, 4) is 33.5 Å². The van der Waals surface area contributed by atoms with Crippen LogP contribution in [-0.2, 0) is 0 Å². The fourth-order valence-corrected chi connectivity index (χ4v) is 7.29. The summed E-state index contributed by atoms with van der Waals surface area (Å²) in [5.74, 6) is 0. The van der Waals surface area contributed by atoms with Crippen LogP contribution in [0.25, 0.3) is 93.4 Å². The molecule has 10 aromatic rings. The molecule has 7 aromatic carbocycles. The van der Waals surface area contributed by atoms with Crippen molar-refractivity contribution in [1.82, 2.24) is 9.38 Å². The minimum atomic E-state index is 0.908. The number of pyridine rings is 1. The van der Waals surface area contributed by atoms with Gasteiger partial charge in [-0.2, -0.15) is 0 Å². The average molecular weight is 587 g/mol. The first-order chi connectivity index (χ1) is 22.8. The standard InChI is InChI=1S/C43H26N2O/c1-2-10-31-27(9-1)20-22-36-37-25-30(21-23-39(37)46-43(31)36)42-34-13-5-3-11-32(34)41(33-12-4-6-14-35(33)42)29-18-16-28(17-19-29)38-26-45-24-8-7-15-40(45)44-38/h1-26H. The lowest BCUT2D eigenvalue weighted by Crippen LogP contribution is -1.91. The largest absolute Gasteiger partial charge is 0.455 e. The van der Waals surface area contributed by atoms with Crippen molar-refractivity contribution in [2.75, 3.05) is 0 Å². The Morgan fingerprint density at radius 3 is 1.78 bits per heavy atom. The van der Waals surface area contributed by atoms with Crippen LogP contribution in [0.15, 0.2) is 162 Å². The van der Waals surface area contributed by atoms with E-state index in [-0.39, 0.29) is 0 Å². The van der Waals surface area contributed by atoms with Crippen LogP contribution in [0, 0.1) is 0 Å². The van der Waals surface area contributed by atoms with E-state index in [0.717, 1.165) is 44.2 Å². The highest BCUT2D eigenvalue weighted by molar-refractivity contribution is 6.22. The number of aromatic nitrogens is 2. The van der Waals surface area contributed by atoms with Crippen LogP contribution in [0.4, 0.5) is 0 Å². The van der Waals surface area contributed by atoms with E-state index in [1.807, 2.05) is 24.4 Å². The SMILES string of the molecule is c1ccc2c(c1)ccc1c3cc(-c4c5ccccc5c(-c5ccc(-c6cn7ccccc7n6)cc5)c5ccccc45)ccc3oc21. The van der Waals surface area contributed by atoms with Crippen LogP contribution >= 0.6 is 0 Å². The maximum absolute atomic E-state index is 6.46. The second-order valence-electron chi connectivity index (χ2n) is 12.0. The topological polar surface area (TPSA) is 30.4 Å². The Morgan fingerprint density at radius 2 is 1.07 bits per heavy atom. The zero-order valence-corrected chi connectivity index (χ0v) is 24.8. The number of rotatable bonds is 3. The quantitative estimate of drug-likeness (QED) is 0.193. The number of benzene rings is 7. The highest BCUT2D eigenvalue weighted by Gasteiger charge is 2.18. The van der Waals surface area contributed by atoms with Gasteiger partial charge in [-0.1, -0.05) is 115 Å². The van der Waals surface area contributed by atoms with Gasteiger partial charge in [-0.15, -0.1) is 0 Å². The molecule has 46 heavy (non-hydrogen) atoms. The molecular weight excluding hydrogens is 560 g/mol. The highest BCUT2D eigenvalue weighted by atomic mass is 16.3. The van der Waals surface area contributed by atoms with Gasteiger partial charge in [0, 0.05) is 34.1 Å². The minimum Gasteiger partial charge on any atom is -0.455 e. The molecule has 0 spiro atoms. The lowest BCUT2D eigenvalue weighted by atomic mass is 9.85. The van der Waals surface area contributed by atoms with Gasteiger partial charge in [0.1, 0.15) is 16.8 Å². The molecule has 0 aliphatic heterocycles. The number of imidazole rings is 1. The Kier molecular flexibility index (Phi) is 5.28. The summed E-state index contributed by atoms with van der Waals surface area (Å²) in [6.07, 6.45) is 4.13. The fourth-order valence-electron chi connectivity index (χ4n) is 7.29. The van der Waals surface area contributed by atoms with Gasteiger partial charge in [-0.05, 0) is 79.5 Å². The molecule has 3 aromatic heterocycles. The van der Waals surface area contributed by atoms with Gasteiger partial charge in [0.15, 0.2) is 0 Å². The summed E-state index contributed by atoms with van der Waals surface area (Å²) in [5, 5.41) is 9.55.